The molecule has 0 amide bonds. The van der Waals surface area contributed by atoms with Crippen LogP contribution >= 0.6 is 0 Å². The predicted octanol–water partition coefficient (Wildman–Crippen LogP) is 5.72. The van der Waals surface area contributed by atoms with Crippen molar-refractivity contribution in [2.24, 2.45) is 0 Å². The number of sulfonamides is 1. The number of nitrogens with one attached hydrogen (secondary N) is 1. The Labute approximate surface area is 268 Å². The SMILES string of the molecule is CCN(CC)c1ccc2c(-c3ccc(S(=O)(=O)Nc4ccc(C=O)cc4)cc3S(=O)(=O)O)c3ccc(=[N+](CC)CC)cc-3oc2c1. The minimum absolute atomic E-state index is 0.119. The third kappa shape index (κ3) is 6.41. The highest BCUT2D eigenvalue weighted by atomic mass is 32.2. The summed E-state index contributed by atoms with van der Waals surface area (Å²) in [6.07, 6.45) is 0.633. The zero-order valence-electron chi connectivity index (χ0n) is 26.0. The molecule has 240 valence electrons. The van der Waals surface area contributed by atoms with E-state index in [0.717, 1.165) is 43.3 Å². The summed E-state index contributed by atoms with van der Waals surface area (Å²) in [5.41, 5.74) is 3.16. The topological polar surface area (TPSA) is 137 Å². The zero-order chi connectivity index (χ0) is 33.2. The Balaban J connectivity index is 1.78. The zero-order valence-corrected chi connectivity index (χ0v) is 27.7. The molecule has 0 aromatic heterocycles. The van der Waals surface area contributed by atoms with Gasteiger partial charge in [-0.1, -0.05) is 6.07 Å². The second kappa shape index (κ2) is 13.1. The molecule has 3 aromatic carbocycles. The molecule has 3 aromatic rings. The average molecular weight is 663 g/mol. The lowest BCUT2D eigenvalue weighted by molar-refractivity contribution is 0.112. The van der Waals surface area contributed by atoms with E-state index in [1.54, 1.807) is 0 Å². The summed E-state index contributed by atoms with van der Waals surface area (Å²) >= 11 is 0. The molecular weight excluding hydrogens is 627 g/mol. The van der Waals surface area contributed by atoms with Crippen LogP contribution in [0.25, 0.3) is 33.4 Å². The smallest absolute Gasteiger partial charge is 0.295 e. The van der Waals surface area contributed by atoms with Crippen molar-refractivity contribution in [2.45, 2.75) is 37.5 Å². The van der Waals surface area contributed by atoms with Crippen molar-refractivity contribution < 1.29 is 30.6 Å². The highest BCUT2D eigenvalue weighted by molar-refractivity contribution is 7.92. The first kappa shape index (κ1) is 32.9. The van der Waals surface area contributed by atoms with Crippen molar-refractivity contribution in [1.82, 2.24) is 4.58 Å². The first-order chi connectivity index (χ1) is 21.9. The van der Waals surface area contributed by atoms with Crippen LogP contribution < -0.4 is 19.6 Å². The van der Waals surface area contributed by atoms with Gasteiger partial charge in [-0.15, -0.1) is 0 Å². The van der Waals surface area contributed by atoms with Gasteiger partial charge in [0.1, 0.15) is 35.6 Å². The van der Waals surface area contributed by atoms with Crippen LogP contribution in [0.2, 0.25) is 0 Å². The Morgan fingerprint density at radius 3 is 2.11 bits per heavy atom. The van der Waals surface area contributed by atoms with Gasteiger partial charge in [-0.2, -0.15) is 8.42 Å². The number of nitrogens with zero attached hydrogens (tertiary/aromatic N) is 2. The number of rotatable bonds is 11. The molecule has 12 heteroatoms. The number of carbonyl (C=O) groups excluding carboxylic acids is 1. The highest BCUT2D eigenvalue weighted by Gasteiger charge is 2.27. The van der Waals surface area contributed by atoms with Gasteiger partial charge in [-0.3, -0.25) is 14.1 Å². The summed E-state index contributed by atoms with van der Waals surface area (Å²) in [7, 11) is -9.21. The van der Waals surface area contributed by atoms with Crippen molar-refractivity contribution in [1.29, 1.82) is 0 Å². The Morgan fingerprint density at radius 1 is 0.826 bits per heavy atom. The lowest BCUT2D eigenvalue weighted by Gasteiger charge is -2.22. The molecule has 0 bridgehead atoms. The van der Waals surface area contributed by atoms with Gasteiger partial charge < -0.3 is 9.32 Å². The average Bonchev–Trinajstić information content (AvgIpc) is 3.04. The van der Waals surface area contributed by atoms with Gasteiger partial charge in [0.25, 0.3) is 20.1 Å². The van der Waals surface area contributed by atoms with Crippen LogP contribution in [0, 0.1) is 0 Å². The van der Waals surface area contributed by atoms with E-state index >= 15 is 0 Å². The van der Waals surface area contributed by atoms with Crippen LogP contribution in [-0.4, -0.2) is 53.9 Å². The van der Waals surface area contributed by atoms with E-state index in [-0.39, 0.29) is 16.1 Å². The first-order valence-electron chi connectivity index (χ1n) is 15.0. The molecule has 2 aliphatic rings. The summed E-state index contributed by atoms with van der Waals surface area (Å²) in [4.78, 5) is 12.2. The van der Waals surface area contributed by atoms with Crippen LogP contribution in [0.5, 0.6) is 0 Å². The molecule has 46 heavy (non-hydrogen) atoms. The predicted molar refractivity (Wildman–Crippen MR) is 181 cm³/mol. The molecule has 1 heterocycles. The fraction of sp³-hybridized carbons (Fsp3) is 0.235. The van der Waals surface area contributed by atoms with Gasteiger partial charge in [0, 0.05) is 64.2 Å². The molecular formula is C34H36N3O7S2+. The molecule has 0 atom stereocenters. The van der Waals surface area contributed by atoms with Gasteiger partial charge in [-0.25, -0.2) is 13.0 Å². The van der Waals surface area contributed by atoms with E-state index in [4.69, 9.17) is 4.42 Å². The van der Waals surface area contributed by atoms with Crippen molar-refractivity contribution in [3.05, 3.63) is 89.8 Å². The molecule has 0 radical (unpaired) electrons. The maximum atomic E-state index is 13.3. The quantitative estimate of drug-likeness (QED) is 0.0793. The van der Waals surface area contributed by atoms with Gasteiger partial charge in [0.05, 0.1) is 11.0 Å². The molecule has 0 fully saturated rings. The van der Waals surface area contributed by atoms with Crippen LogP contribution in [0.1, 0.15) is 38.1 Å². The van der Waals surface area contributed by atoms with E-state index < -0.39 is 25.0 Å². The third-order valence-corrected chi connectivity index (χ3v) is 10.3. The Kier molecular flexibility index (Phi) is 9.34. The van der Waals surface area contributed by atoms with Gasteiger partial charge in [-0.05, 0) is 82.3 Å². The molecule has 10 nitrogen and oxygen atoms in total. The van der Waals surface area contributed by atoms with E-state index in [0.29, 0.717) is 39.7 Å². The molecule has 5 rings (SSSR count). The van der Waals surface area contributed by atoms with E-state index in [2.05, 4.69) is 41.9 Å². The van der Waals surface area contributed by atoms with Gasteiger partial charge in [0.15, 0.2) is 0 Å². The summed E-state index contributed by atoms with van der Waals surface area (Å²) in [6.45, 7) is 11.3. The van der Waals surface area contributed by atoms with Crippen molar-refractivity contribution in [3.8, 4) is 22.5 Å². The number of aldehydes is 1. The molecule has 1 aliphatic heterocycles. The first-order valence-corrected chi connectivity index (χ1v) is 17.9. The fourth-order valence-corrected chi connectivity index (χ4v) is 7.55. The minimum atomic E-state index is -4.92. The van der Waals surface area contributed by atoms with E-state index in [1.165, 1.54) is 36.4 Å². The summed E-state index contributed by atoms with van der Waals surface area (Å²) in [5, 5.41) is 1.52. The molecule has 2 N–H and O–H groups in total. The van der Waals surface area contributed by atoms with Crippen LogP contribution in [0.15, 0.2) is 93.1 Å². The monoisotopic (exact) mass is 662 g/mol. The van der Waals surface area contributed by atoms with Crippen LogP contribution in [0.4, 0.5) is 11.4 Å². The number of benzene rings is 4. The van der Waals surface area contributed by atoms with Crippen molar-refractivity contribution in [3.63, 3.8) is 0 Å². The Hall–Kier alpha value is -4.52. The molecule has 0 saturated heterocycles. The van der Waals surface area contributed by atoms with Crippen molar-refractivity contribution in [2.75, 3.05) is 35.8 Å². The summed E-state index contributed by atoms with van der Waals surface area (Å²) in [5.74, 6) is 0.502. The van der Waals surface area contributed by atoms with Gasteiger partial charge in [0.2, 0.25) is 5.36 Å². The van der Waals surface area contributed by atoms with Crippen molar-refractivity contribution >= 4 is 48.8 Å². The second-order valence-corrected chi connectivity index (χ2v) is 13.7. The Morgan fingerprint density at radius 2 is 1.50 bits per heavy atom. The maximum absolute atomic E-state index is 13.3. The summed E-state index contributed by atoms with van der Waals surface area (Å²) < 4.78 is 74.0. The molecule has 0 unspecified atom stereocenters. The molecule has 0 spiro atoms. The summed E-state index contributed by atoms with van der Waals surface area (Å²) in [6, 6.07) is 20.7. The number of carbonyl (C=O) groups is 1. The maximum Gasteiger partial charge on any atom is 0.295 e. The standard InChI is InChI=1S/C34H35N3O7S2/c1-5-36(6-2)25-13-16-28-31(19-25)44-32-20-26(37(7-3)8-4)14-17-29(32)34(28)30-18-15-27(21-33(30)46(41,42)43)45(39,40)35-24-11-9-23(22-38)10-12-24/h9-22H,5-8H2,1-4H3,(H-,35,38,41,42,43)/p+1. The lowest BCUT2D eigenvalue weighted by Crippen LogP contribution is -2.29. The third-order valence-electron chi connectivity index (χ3n) is 8.06. The number of hydrogen-bond acceptors (Lipinski definition) is 7. The fourth-order valence-electron chi connectivity index (χ4n) is 5.66. The Bertz CT molecular complexity index is 2180. The van der Waals surface area contributed by atoms with Gasteiger partial charge >= 0.3 is 0 Å². The minimum Gasteiger partial charge on any atom is -0.456 e. The number of fused-ring (bicyclic) bond motifs is 2. The lowest BCUT2D eigenvalue weighted by atomic mass is 9.93. The highest BCUT2D eigenvalue weighted by Crippen LogP contribution is 2.43. The molecule has 0 saturated carbocycles. The second-order valence-electron chi connectivity index (χ2n) is 10.7. The van der Waals surface area contributed by atoms with E-state index in [1.807, 2.05) is 36.4 Å². The van der Waals surface area contributed by atoms with Crippen LogP contribution in [0.3, 0.4) is 0 Å². The number of anilines is 2. The normalized spacial score (nSPS) is 11.9. The number of hydrogen-bond donors (Lipinski definition) is 2. The molecule has 1 aliphatic carbocycles. The largest absolute Gasteiger partial charge is 0.456 e. The van der Waals surface area contributed by atoms with Crippen LogP contribution in [-0.2, 0) is 20.1 Å². The van der Waals surface area contributed by atoms with E-state index in [9.17, 15) is 26.2 Å².